The van der Waals surface area contributed by atoms with Crippen LogP contribution >= 0.6 is 22.3 Å². The van der Waals surface area contributed by atoms with Gasteiger partial charge in [-0.15, -0.1) is 11.6 Å². The molecule has 6 heteroatoms. The van der Waals surface area contributed by atoms with Crippen LogP contribution in [-0.2, 0) is 9.24 Å². The van der Waals surface area contributed by atoms with Gasteiger partial charge in [0, 0.05) is 23.8 Å². The lowest BCUT2D eigenvalue weighted by Gasteiger charge is -2.31. The van der Waals surface area contributed by atoms with Crippen molar-refractivity contribution in [2.75, 3.05) is 13.1 Å². The molecule has 0 saturated carbocycles. The Morgan fingerprint density at radius 2 is 1.89 bits per heavy atom. The van der Waals surface area contributed by atoms with Gasteiger partial charge in [0.2, 0.25) is 0 Å². The number of nitrogens with zero attached hydrogens (tertiary/aromatic N) is 1. The van der Waals surface area contributed by atoms with Crippen LogP contribution in [0.2, 0.25) is 0 Å². The number of hydrogen-bond acceptors (Lipinski definition) is 2. The Morgan fingerprint density at radius 1 is 1.44 bits per heavy atom. The van der Waals surface area contributed by atoms with Gasteiger partial charge in [-0.1, -0.05) is 0 Å². The molecule has 0 unspecified atom stereocenters. The molecule has 1 rings (SSSR count). The molecule has 0 N–H and O–H groups in total. The van der Waals surface area contributed by atoms with Crippen molar-refractivity contribution in [3.63, 3.8) is 0 Å². The number of hydrogen-bond donors (Lipinski definition) is 0. The molecular formula is C3H5Cl2NO2S. The third-order valence-electron chi connectivity index (χ3n) is 1.11. The van der Waals surface area contributed by atoms with Crippen molar-refractivity contribution in [2.45, 2.75) is 5.38 Å². The second kappa shape index (κ2) is 2.27. The average Bonchev–Trinajstić information content (AvgIpc) is 1.55. The van der Waals surface area contributed by atoms with E-state index in [2.05, 4.69) is 0 Å². The first kappa shape index (κ1) is 7.60. The van der Waals surface area contributed by atoms with Crippen molar-refractivity contribution in [1.29, 1.82) is 0 Å². The van der Waals surface area contributed by atoms with Crippen LogP contribution < -0.4 is 0 Å². The zero-order valence-corrected chi connectivity index (χ0v) is 6.75. The Hall–Kier alpha value is 0.490. The van der Waals surface area contributed by atoms with E-state index >= 15 is 0 Å². The largest absolute Gasteiger partial charge is 0.299 e. The molecule has 0 atom stereocenters. The standard InChI is InChI=1S/C3H5Cl2NO2S/c4-3-1-6(2-3)9(5,7)8/h3H,1-2H2. The zero-order chi connectivity index (χ0) is 7.07. The lowest BCUT2D eigenvalue weighted by atomic mass is 10.3. The van der Waals surface area contributed by atoms with Gasteiger partial charge < -0.3 is 0 Å². The molecule has 0 spiro atoms. The molecule has 0 radical (unpaired) electrons. The third kappa shape index (κ3) is 1.70. The summed E-state index contributed by atoms with van der Waals surface area (Å²) in [4.78, 5) is 0. The predicted octanol–water partition coefficient (Wildman–Crippen LogP) is 0.393. The molecule has 1 fully saturated rings. The summed E-state index contributed by atoms with van der Waals surface area (Å²) in [5.74, 6) is 0. The number of halogens is 2. The van der Waals surface area contributed by atoms with Gasteiger partial charge in [-0.25, -0.2) is 0 Å². The van der Waals surface area contributed by atoms with Crippen LogP contribution in [0.15, 0.2) is 0 Å². The van der Waals surface area contributed by atoms with Gasteiger partial charge in [0.05, 0.1) is 5.38 Å². The van der Waals surface area contributed by atoms with Crippen LogP contribution in [0.3, 0.4) is 0 Å². The van der Waals surface area contributed by atoms with Gasteiger partial charge in [0.1, 0.15) is 0 Å². The highest BCUT2D eigenvalue weighted by atomic mass is 35.7. The Kier molecular flexibility index (Phi) is 1.91. The van der Waals surface area contributed by atoms with E-state index in [1.807, 2.05) is 0 Å². The van der Waals surface area contributed by atoms with Crippen molar-refractivity contribution >= 4 is 31.5 Å². The van der Waals surface area contributed by atoms with E-state index in [9.17, 15) is 8.42 Å². The minimum Gasteiger partial charge on any atom is -0.195 e. The van der Waals surface area contributed by atoms with Gasteiger partial charge in [-0.2, -0.15) is 12.7 Å². The van der Waals surface area contributed by atoms with E-state index in [1.165, 1.54) is 0 Å². The summed E-state index contributed by atoms with van der Waals surface area (Å²) in [6.45, 7) is 0.681. The second-order valence-electron chi connectivity index (χ2n) is 1.86. The van der Waals surface area contributed by atoms with E-state index in [0.717, 1.165) is 4.31 Å². The van der Waals surface area contributed by atoms with E-state index < -0.39 is 9.24 Å². The molecular weight excluding hydrogens is 185 g/mol. The Bertz CT molecular complexity index is 196. The molecule has 0 aliphatic carbocycles. The first-order valence-corrected chi connectivity index (χ1v) is 5.04. The molecule has 9 heavy (non-hydrogen) atoms. The maximum absolute atomic E-state index is 10.4. The van der Waals surface area contributed by atoms with Crippen LogP contribution in [0.25, 0.3) is 0 Å². The fraction of sp³-hybridized carbons (Fsp3) is 1.00. The van der Waals surface area contributed by atoms with Gasteiger partial charge in [-0.3, -0.25) is 0 Å². The van der Waals surface area contributed by atoms with Crippen LogP contribution in [-0.4, -0.2) is 31.2 Å². The van der Waals surface area contributed by atoms with E-state index in [1.54, 1.807) is 0 Å². The fourth-order valence-electron chi connectivity index (χ4n) is 0.567. The topological polar surface area (TPSA) is 37.4 Å². The van der Waals surface area contributed by atoms with E-state index in [-0.39, 0.29) is 5.38 Å². The van der Waals surface area contributed by atoms with E-state index in [4.69, 9.17) is 22.3 Å². The van der Waals surface area contributed by atoms with Crippen LogP contribution in [0.5, 0.6) is 0 Å². The SMILES string of the molecule is O=S(=O)(Cl)N1CC(Cl)C1. The highest BCUT2D eigenvalue weighted by Gasteiger charge is 2.32. The summed E-state index contributed by atoms with van der Waals surface area (Å²) in [6.07, 6.45) is 0. The maximum Gasteiger partial charge on any atom is 0.299 e. The Labute approximate surface area is 63.1 Å². The summed E-state index contributed by atoms with van der Waals surface area (Å²) in [5, 5.41) is -0.0569. The highest BCUT2D eigenvalue weighted by molar-refractivity contribution is 8.11. The van der Waals surface area contributed by atoms with Gasteiger partial charge in [0.25, 0.3) is 9.24 Å². The van der Waals surface area contributed by atoms with Crippen molar-refractivity contribution in [3.05, 3.63) is 0 Å². The molecule has 0 bridgehead atoms. The van der Waals surface area contributed by atoms with E-state index in [0.29, 0.717) is 13.1 Å². The monoisotopic (exact) mass is 189 g/mol. The number of alkyl halides is 1. The van der Waals surface area contributed by atoms with Crippen molar-refractivity contribution in [2.24, 2.45) is 0 Å². The molecule has 3 nitrogen and oxygen atoms in total. The quantitative estimate of drug-likeness (QED) is 0.443. The summed E-state index contributed by atoms with van der Waals surface area (Å²) in [6, 6.07) is 0. The fourth-order valence-corrected chi connectivity index (χ4v) is 2.12. The van der Waals surface area contributed by atoms with Crippen LogP contribution in [0.4, 0.5) is 0 Å². The normalized spacial score (nSPS) is 23.8. The molecule has 0 aromatic heterocycles. The first-order chi connectivity index (χ1) is 4.00. The van der Waals surface area contributed by atoms with Crippen LogP contribution in [0, 0.1) is 0 Å². The maximum atomic E-state index is 10.4. The van der Waals surface area contributed by atoms with Crippen LogP contribution in [0.1, 0.15) is 0 Å². The van der Waals surface area contributed by atoms with Gasteiger partial charge in [-0.05, 0) is 0 Å². The summed E-state index contributed by atoms with van der Waals surface area (Å²) in [5.41, 5.74) is 0. The third-order valence-corrected chi connectivity index (χ3v) is 2.89. The molecule has 1 aliphatic rings. The number of rotatable bonds is 1. The van der Waals surface area contributed by atoms with Gasteiger partial charge >= 0.3 is 0 Å². The molecule has 1 aliphatic heterocycles. The highest BCUT2D eigenvalue weighted by Crippen LogP contribution is 2.19. The van der Waals surface area contributed by atoms with Gasteiger partial charge in [0.15, 0.2) is 0 Å². The lowest BCUT2D eigenvalue weighted by Crippen LogP contribution is -2.48. The molecule has 1 heterocycles. The first-order valence-electron chi connectivity index (χ1n) is 2.34. The summed E-state index contributed by atoms with van der Waals surface area (Å²) >= 11 is 5.49. The lowest BCUT2D eigenvalue weighted by molar-refractivity contribution is 0.323. The Morgan fingerprint density at radius 3 is 2.00 bits per heavy atom. The summed E-state index contributed by atoms with van der Waals surface area (Å²) in [7, 11) is 1.46. The minimum absolute atomic E-state index is 0.0569. The van der Waals surface area contributed by atoms with Crippen molar-refractivity contribution in [3.8, 4) is 0 Å². The van der Waals surface area contributed by atoms with Crippen molar-refractivity contribution < 1.29 is 8.42 Å². The second-order valence-corrected chi connectivity index (χ2v) is 4.98. The predicted molar refractivity (Wildman–Crippen MR) is 36.0 cm³/mol. The molecule has 0 aromatic carbocycles. The Balaban J connectivity index is 2.51. The molecule has 1 saturated heterocycles. The zero-order valence-electron chi connectivity index (χ0n) is 4.42. The molecule has 0 aromatic rings. The smallest absolute Gasteiger partial charge is 0.195 e. The minimum atomic E-state index is -3.48. The average molecular weight is 190 g/mol. The molecule has 0 amide bonds. The summed E-state index contributed by atoms with van der Waals surface area (Å²) < 4.78 is 21.9. The van der Waals surface area contributed by atoms with Crippen molar-refractivity contribution in [1.82, 2.24) is 4.31 Å². The molecule has 54 valence electrons.